The Labute approximate surface area is 117 Å². The van der Waals surface area contributed by atoms with Crippen LogP contribution in [0.25, 0.3) is 0 Å². The Bertz CT molecular complexity index is 600. The van der Waals surface area contributed by atoms with Gasteiger partial charge in [0.1, 0.15) is 5.82 Å². The van der Waals surface area contributed by atoms with Gasteiger partial charge in [0, 0.05) is 18.9 Å². The molecule has 0 aliphatic carbocycles. The molecule has 1 N–H and O–H groups in total. The third-order valence-electron chi connectivity index (χ3n) is 3.12. The molecular formula is C13H19N5O2. The fourth-order valence-electron chi connectivity index (χ4n) is 2.11. The maximum Gasteiger partial charge on any atom is 0.358 e. The number of nitrogens with zero attached hydrogens (tertiary/aromatic N) is 5. The molecule has 2 heterocycles. The van der Waals surface area contributed by atoms with Gasteiger partial charge in [-0.3, -0.25) is 0 Å². The fourth-order valence-corrected chi connectivity index (χ4v) is 2.11. The Kier molecular flexibility index (Phi) is 4.16. The van der Waals surface area contributed by atoms with Crippen molar-refractivity contribution in [2.24, 2.45) is 5.92 Å². The van der Waals surface area contributed by atoms with Crippen molar-refractivity contribution in [2.45, 2.75) is 40.3 Å². The lowest BCUT2D eigenvalue weighted by Gasteiger charge is -2.10. The highest BCUT2D eigenvalue weighted by Crippen LogP contribution is 2.12. The lowest BCUT2D eigenvalue weighted by molar-refractivity contribution is 0.0689. The summed E-state index contributed by atoms with van der Waals surface area (Å²) in [5.74, 6) is 0.250. The maximum atomic E-state index is 11.2. The van der Waals surface area contributed by atoms with Gasteiger partial charge in [0.15, 0.2) is 5.69 Å². The second kappa shape index (κ2) is 5.85. The molecule has 0 aromatic carbocycles. The average molecular weight is 277 g/mol. The van der Waals surface area contributed by atoms with Crippen molar-refractivity contribution in [1.29, 1.82) is 0 Å². The van der Waals surface area contributed by atoms with E-state index in [0.717, 1.165) is 5.82 Å². The van der Waals surface area contributed by atoms with Crippen LogP contribution in [0.2, 0.25) is 0 Å². The second-order valence-electron chi connectivity index (χ2n) is 5.18. The molecule has 2 aromatic heterocycles. The first-order valence-electron chi connectivity index (χ1n) is 6.62. The summed E-state index contributed by atoms with van der Waals surface area (Å²) < 4.78 is 3.68. The quantitative estimate of drug-likeness (QED) is 0.862. The average Bonchev–Trinajstić information content (AvgIpc) is 2.93. The van der Waals surface area contributed by atoms with E-state index >= 15 is 0 Å². The maximum absolute atomic E-state index is 11.2. The Morgan fingerprint density at radius 1 is 1.40 bits per heavy atom. The zero-order valence-electron chi connectivity index (χ0n) is 11.9. The van der Waals surface area contributed by atoms with Crippen LogP contribution in [0, 0.1) is 12.8 Å². The summed E-state index contributed by atoms with van der Waals surface area (Å²) in [6, 6.07) is 0. The van der Waals surface area contributed by atoms with E-state index in [1.807, 2.05) is 31.5 Å². The number of carbonyl (C=O) groups is 1. The normalized spacial score (nSPS) is 11.2. The summed E-state index contributed by atoms with van der Waals surface area (Å²) in [5.41, 5.74) is 0.742. The Morgan fingerprint density at radius 3 is 2.70 bits per heavy atom. The van der Waals surface area contributed by atoms with Crippen LogP contribution in [-0.4, -0.2) is 35.6 Å². The minimum absolute atomic E-state index is 0.0565. The Morgan fingerprint density at radius 2 is 2.15 bits per heavy atom. The molecule has 2 aromatic rings. The topological polar surface area (TPSA) is 85.8 Å². The van der Waals surface area contributed by atoms with Crippen LogP contribution in [0.1, 0.15) is 35.9 Å². The van der Waals surface area contributed by atoms with E-state index in [4.69, 9.17) is 5.11 Å². The minimum Gasteiger partial charge on any atom is -0.476 e. The van der Waals surface area contributed by atoms with Crippen molar-refractivity contribution in [2.75, 3.05) is 0 Å². The third-order valence-corrected chi connectivity index (χ3v) is 3.12. The molecule has 20 heavy (non-hydrogen) atoms. The van der Waals surface area contributed by atoms with Crippen LogP contribution in [0.5, 0.6) is 0 Å². The van der Waals surface area contributed by atoms with Gasteiger partial charge >= 0.3 is 5.97 Å². The number of aryl methyl sites for hydroxylation is 3. The molecular weight excluding hydrogens is 258 g/mol. The van der Waals surface area contributed by atoms with E-state index in [1.54, 1.807) is 10.9 Å². The van der Waals surface area contributed by atoms with Crippen LogP contribution >= 0.6 is 0 Å². The highest BCUT2D eigenvalue weighted by Gasteiger charge is 2.19. The predicted octanol–water partition coefficient (Wildman–Crippen LogP) is 1.38. The summed E-state index contributed by atoms with van der Waals surface area (Å²) in [6.45, 7) is 7.30. The molecule has 0 fully saturated rings. The number of hydrogen-bond donors (Lipinski definition) is 1. The van der Waals surface area contributed by atoms with Gasteiger partial charge in [0.05, 0.1) is 12.2 Å². The monoisotopic (exact) mass is 277 g/mol. The molecule has 0 aliphatic heterocycles. The summed E-state index contributed by atoms with van der Waals surface area (Å²) in [6.07, 6.45) is 4.29. The number of rotatable bonds is 6. The van der Waals surface area contributed by atoms with Gasteiger partial charge in [-0.2, -0.15) is 0 Å². The molecule has 2 rings (SSSR count). The largest absolute Gasteiger partial charge is 0.476 e. The molecule has 0 unspecified atom stereocenters. The van der Waals surface area contributed by atoms with E-state index in [0.29, 0.717) is 31.1 Å². The predicted molar refractivity (Wildman–Crippen MR) is 72.5 cm³/mol. The molecule has 7 heteroatoms. The Hall–Kier alpha value is -2.18. The number of aromatic nitrogens is 5. The lowest BCUT2D eigenvalue weighted by Crippen LogP contribution is -2.14. The van der Waals surface area contributed by atoms with Crippen LogP contribution in [-0.2, 0) is 19.5 Å². The SMILES string of the molecule is Cc1nccn1CCn1nnc(C(=O)O)c1CC(C)C. The first-order chi connectivity index (χ1) is 9.49. The zero-order chi connectivity index (χ0) is 14.7. The summed E-state index contributed by atoms with van der Waals surface area (Å²) >= 11 is 0. The third kappa shape index (κ3) is 3.04. The van der Waals surface area contributed by atoms with E-state index in [-0.39, 0.29) is 5.69 Å². The highest BCUT2D eigenvalue weighted by molar-refractivity contribution is 5.86. The lowest BCUT2D eigenvalue weighted by atomic mass is 10.1. The van der Waals surface area contributed by atoms with Crippen molar-refractivity contribution >= 4 is 5.97 Å². The summed E-state index contributed by atoms with van der Waals surface area (Å²) in [4.78, 5) is 15.3. The molecule has 0 saturated carbocycles. The Balaban J connectivity index is 2.18. The first kappa shape index (κ1) is 14.2. The number of aromatic carboxylic acids is 1. The van der Waals surface area contributed by atoms with Crippen LogP contribution in [0.4, 0.5) is 0 Å². The number of carboxylic acids is 1. The molecule has 7 nitrogen and oxygen atoms in total. The van der Waals surface area contributed by atoms with Gasteiger partial charge in [0.25, 0.3) is 0 Å². The standard InChI is InChI=1S/C13H19N5O2/c1-9(2)8-11-12(13(19)20)15-16-18(11)7-6-17-5-4-14-10(17)3/h4-5,9H,6-8H2,1-3H3,(H,19,20). The van der Waals surface area contributed by atoms with Gasteiger partial charge in [0.2, 0.25) is 0 Å². The highest BCUT2D eigenvalue weighted by atomic mass is 16.4. The molecule has 0 aliphatic rings. The summed E-state index contributed by atoms with van der Waals surface area (Å²) in [5, 5.41) is 16.9. The molecule has 108 valence electrons. The van der Waals surface area contributed by atoms with E-state index in [2.05, 4.69) is 15.3 Å². The van der Waals surface area contributed by atoms with Gasteiger partial charge < -0.3 is 9.67 Å². The molecule has 0 bridgehead atoms. The van der Waals surface area contributed by atoms with Crippen molar-refractivity contribution in [3.63, 3.8) is 0 Å². The van der Waals surface area contributed by atoms with E-state index in [1.165, 1.54) is 0 Å². The fraction of sp³-hybridized carbons (Fsp3) is 0.538. The number of hydrogen-bond acceptors (Lipinski definition) is 4. The van der Waals surface area contributed by atoms with Crippen LogP contribution in [0.15, 0.2) is 12.4 Å². The van der Waals surface area contributed by atoms with Gasteiger partial charge in [-0.05, 0) is 19.3 Å². The van der Waals surface area contributed by atoms with Crippen molar-refractivity contribution in [3.05, 3.63) is 29.6 Å². The second-order valence-corrected chi connectivity index (χ2v) is 5.18. The molecule has 0 amide bonds. The smallest absolute Gasteiger partial charge is 0.358 e. The van der Waals surface area contributed by atoms with Crippen molar-refractivity contribution in [3.8, 4) is 0 Å². The van der Waals surface area contributed by atoms with Crippen LogP contribution in [0.3, 0.4) is 0 Å². The van der Waals surface area contributed by atoms with E-state index < -0.39 is 5.97 Å². The van der Waals surface area contributed by atoms with Crippen LogP contribution < -0.4 is 0 Å². The van der Waals surface area contributed by atoms with Gasteiger partial charge in [-0.15, -0.1) is 5.10 Å². The number of imidazole rings is 1. The van der Waals surface area contributed by atoms with Gasteiger partial charge in [-0.25, -0.2) is 14.5 Å². The molecule has 0 atom stereocenters. The first-order valence-corrected chi connectivity index (χ1v) is 6.62. The van der Waals surface area contributed by atoms with Gasteiger partial charge in [-0.1, -0.05) is 19.1 Å². The van der Waals surface area contributed by atoms with E-state index in [9.17, 15) is 4.79 Å². The van der Waals surface area contributed by atoms with Crippen molar-refractivity contribution in [1.82, 2.24) is 24.5 Å². The molecule has 0 spiro atoms. The molecule has 0 radical (unpaired) electrons. The molecule has 0 saturated heterocycles. The number of carboxylic acid groups (broad SMARTS) is 1. The minimum atomic E-state index is -1.02. The van der Waals surface area contributed by atoms with Crippen molar-refractivity contribution < 1.29 is 9.90 Å². The zero-order valence-corrected chi connectivity index (χ0v) is 11.9. The summed E-state index contributed by atoms with van der Waals surface area (Å²) in [7, 11) is 0.